The number of hydrogen-bond acceptors (Lipinski definition) is 6. The van der Waals surface area contributed by atoms with Crippen LogP contribution in [0, 0.1) is 0 Å². The number of likely N-dealkylation sites (N-methyl/N-ethyl adjacent to an activating group) is 1. The maximum Gasteiger partial charge on any atom is 0.139 e. The molecule has 1 unspecified atom stereocenters. The Morgan fingerprint density at radius 2 is 2.00 bits per heavy atom. The van der Waals surface area contributed by atoms with E-state index in [1.54, 1.807) is 17.7 Å². The van der Waals surface area contributed by atoms with E-state index in [0.29, 0.717) is 0 Å². The molecule has 0 spiro atoms. The van der Waals surface area contributed by atoms with E-state index in [9.17, 15) is 5.11 Å². The maximum absolute atomic E-state index is 9.62. The predicted molar refractivity (Wildman–Crippen MR) is 95.9 cm³/mol. The Balaban J connectivity index is 2.02. The fourth-order valence-corrected chi connectivity index (χ4v) is 3.51. The third-order valence-corrected chi connectivity index (χ3v) is 4.49. The lowest BCUT2D eigenvalue weighted by atomic mass is 10.1. The van der Waals surface area contributed by atoms with E-state index < -0.39 is 0 Å². The second-order valence-electron chi connectivity index (χ2n) is 5.70. The Morgan fingerprint density at radius 1 is 1.22 bits per heavy atom. The maximum atomic E-state index is 9.62. The standard InChI is InChI=1S/C17H20N4OS/c1-21(2)8-13(9-22)20-16-15-14(12-6-4-3-5-7-12)10-23-17(15)19-11-18-16/h3-7,10-11,13,22H,8-9H2,1-2H3,(H,18,19,20). The second-order valence-corrected chi connectivity index (χ2v) is 6.56. The quantitative estimate of drug-likeness (QED) is 0.728. The molecule has 0 aliphatic rings. The minimum absolute atomic E-state index is 0.0501. The molecule has 2 aromatic heterocycles. The summed E-state index contributed by atoms with van der Waals surface area (Å²) in [6.45, 7) is 0.779. The summed E-state index contributed by atoms with van der Waals surface area (Å²) in [6, 6.07) is 10.2. The number of aromatic nitrogens is 2. The summed E-state index contributed by atoms with van der Waals surface area (Å²) in [6.07, 6.45) is 1.57. The highest BCUT2D eigenvalue weighted by Crippen LogP contribution is 2.36. The molecule has 0 bridgehead atoms. The van der Waals surface area contributed by atoms with Gasteiger partial charge in [0.2, 0.25) is 0 Å². The first-order valence-electron chi connectivity index (χ1n) is 7.48. The summed E-state index contributed by atoms with van der Waals surface area (Å²) in [5.74, 6) is 0.774. The average Bonchev–Trinajstić information content (AvgIpc) is 2.99. The molecule has 0 amide bonds. The highest BCUT2D eigenvalue weighted by atomic mass is 32.1. The van der Waals surface area contributed by atoms with E-state index in [1.165, 1.54) is 0 Å². The van der Waals surface area contributed by atoms with E-state index >= 15 is 0 Å². The molecule has 6 heteroatoms. The van der Waals surface area contributed by atoms with Gasteiger partial charge in [-0.05, 0) is 19.7 Å². The van der Waals surface area contributed by atoms with Gasteiger partial charge in [0, 0.05) is 17.5 Å². The molecule has 0 saturated carbocycles. The van der Waals surface area contributed by atoms with Crippen molar-refractivity contribution in [2.24, 2.45) is 0 Å². The summed E-state index contributed by atoms with van der Waals surface area (Å²) in [5, 5.41) is 16.1. The molecule has 3 aromatic rings. The number of anilines is 1. The van der Waals surface area contributed by atoms with Crippen LogP contribution < -0.4 is 5.32 Å². The van der Waals surface area contributed by atoms with Gasteiger partial charge < -0.3 is 15.3 Å². The molecular weight excluding hydrogens is 308 g/mol. The van der Waals surface area contributed by atoms with Gasteiger partial charge in [0.1, 0.15) is 17.0 Å². The van der Waals surface area contributed by atoms with Crippen molar-refractivity contribution in [3.8, 4) is 11.1 Å². The van der Waals surface area contributed by atoms with Crippen molar-refractivity contribution in [1.82, 2.24) is 14.9 Å². The fraction of sp³-hybridized carbons (Fsp3) is 0.294. The number of fused-ring (bicyclic) bond motifs is 1. The SMILES string of the molecule is CN(C)CC(CO)Nc1ncnc2scc(-c3ccccc3)c12. The smallest absolute Gasteiger partial charge is 0.139 e. The Hall–Kier alpha value is -2.02. The Labute approximate surface area is 139 Å². The van der Waals surface area contributed by atoms with Crippen LogP contribution >= 0.6 is 11.3 Å². The normalized spacial score (nSPS) is 12.7. The number of aliphatic hydroxyl groups excluding tert-OH is 1. The van der Waals surface area contributed by atoms with Crippen LogP contribution in [0.2, 0.25) is 0 Å². The molecule has 0 saturated heterocycles. The van der Waals surface area contributed by atoms with Crippen LogP contribution in [0.1, 0.15) is 0 Å². The van der Waals surface area contributed by atoms with Crippen molar-refractivity contribution in [3.63, 3.8) is 0 Å². The minimum Gasteiger partial charge on any atom is -0.394 e. The highest BCUT2D eigenvalue weighted by Gasteiger charge is 2.16. The molecule has 5 nitrogen and oxygen atoms in total. The van der Waals surface area contributed by atoms with Gasteiger partial charge in [0.25, 0.3) is 0 Å². The first-order valence-corrected chi connectivity index (χ1v) is 8.36. The Bertz CT molecular complexity index is 773. The second kappa shape index (κ2) is 7.04. The van der Waals surface area contributed by atoms with Crippen molar-refractivity contribution in [2.45, 2.75) is 6.04 Å². The molecule has 23 heavy (non-hydrogen) atoms. The minimum atomic E-state index is -0.0772. The van der Waals surface area contributed by atoms with Gasteiger partial charge in [-0.1, -0.05) is 30.3 Å². The van der Waals surface area contributed by atoms with Crippen LogP contribution in [0.25, 0.3) is 21.3 Å². The number of thiophene rings is 1. The third kappa shape index (κ3) is 3.50. The lowest BCUT2D eigenvalue weighted by Crippen LogP contribution is -2.35. The number of nitrogens with one attached hydrogen (secondary N) is 1. The summed E-state index contributed by atoms with van der Waals surface area (Å²) in [7, 11) is 3.97. The van der Waals surface area contributed by atoms with Gasteiger partial charge in [-0.15, -0.1) is 11.3 Å². The monoisotopic (exact) mass is 328 g/mol. The number of nitrogens with zero attached hydrogens (tertiary/aromatic N) is 3. The molecule has 2 N–H and O–H groups in total. The summed E-state index contributed by atoms with van der Waals surface area (Å²) in [4.78, 5) is 11.8. The molecule has 1 aromatic carbocycles. The van der Waals surface area contributed by atoms with E-state index in [0.717, 1.165) is 33.7 Å². The number of aliphatic hydroxyl groups is 1. The predicted octanol–water partition coefficient (Wildman–Crippen LogP) is 2.69. The number of rotatable bonds is 6. The molecule has 2 heterocycles. The van der Waals surface area contributed by atoms with E-state index in [1.807, 2.05) is 37.2 Å². The summed E-state index contributed by atoms with van der Waals surface area (Å²) >= 11 is 1.61. The lowest BCUT2D eigenvalue weighted by Gasteiger charge is -2.21. The van der Waals surface area contributed by atoms with Gasteiger partial charge in [-0.2, -0.15) is 0 Å². The van der Waals surface area contributed by atoms with Crippen LogP contribution in [0.3, 0.4) is 0 Å². The zero-order valence-electron chi connectivity index (χ0n) is 13.2. The van der Waals surface area contributed by atoms with Gasteiger partial charge in [-0.3, -0.25) is 0 Å². The molecular formula is C17H20N4OS. The van der Waals surface area contributed by atoms with Crippen LogP contribution in [0.5, 0.6) is 0 Å². The molecule has 0 fully saturated rings. The first kappa shape index (κ1) is 15.9. The Kier molecular flexibility index (Phi) is 4.85. The largest absolute Gasteiger partial charge is 0.394 e. The number of benzene rings is 1. The lowest BCUT2D eigenvalue weighted by molar-refractivity contribution is 0.245. The van der Waals surface area contributed by atoms with Gasteiger partial charge in [-0.25, -0.2) is 9.97 Å². The van der Waals surface area contributed by atoms with Crippen LogP contribution in [0.15, 0.2) is 42.0 Å². The van der Waals surface area contributed by atoms with Crippen LogP contribution in [-0.2, 0) is 0 Å². The van der Waals surface area contributed by atoms with Crippen molar-refractivity contribution in [2.75, 3.05) is 32.6 Å². The molecule has 1 atom stereocenters. The van der Waals surface area contributed by atoms with E-state index in [2.05, 4.69) is 32.8 Å². The van der Waals surface area contributed by atoms with Gasteiger partial charge >= 0.3 is 0 Å². The Morgan fingerprint density at radius 3 is 2.70 bits per heavy atom. The fourth-order valence-electron chi connectivity index (χ4n) is 2.60. The zero-order chi connectivity index (χ0) is 16.2. The molecule has 3 rings (SSSR count). The van der Waals surface area contributed by atoms with Crippen molar-refractivity contribution >= 4 is 27.4 Å². The van der Waals surface area contributed by atoms with Crippen LogP contribution in [0.4, 0.5) is 5.82 Å². The first-order chi connectivity index (χ1) is 11.2. The molecule has 0 radical (unpaired) electrons. The average molecular weight is 328 g/mol. The highest BCUT2D eigenvalue weighted by molar-refractivity contribution is 7.17. The zero-order valence-corrected chi connectivity index (χ0v) is 14.0. The van der Waals surface area contributed by atoms with E-state index in [-0.39, 0.29) is 12.6 Å². The summed E-state index contributed by atoms with van der Waals surface area (Å²) < 4.78 is 0. The summed E-state index contributed by atoms with van der Waals surface area (Å²) in [5.41, 5.74) is 2.26. The molecule has 0 aliphatic carbocycles. The van der Waals surface area contributed by atoms with Gasteiger partial charge in [0.15, 0.2) is 0 Å². The van der Waals surface area contributed by atoms with E-state index in [4.69, 9.17) is 0 Å². The topological polar surface area (TPSA) is 61.3 Å². The third-order valence-electron chi connectivity index (χ3n) is 3.60. The van der Waals surface area contributed by atoms with Crippen molar-refractivity contribution < 1.29 is 5.11 Å². The van der Waals surface area contributed by atoms with Crippen molar-refractivity contribution in [3.05, 3.63) is 42.0 Å². The van der Waals surface area contributed by atoms with Gasteiger partial charge in [0.05, 0.1) is 18.0 Å². The molecule has 120 valence electrons. The van der Waals surface area contributed by atoms with Crippen molar-refractivity contribution in [1.29, 1.82) is 0 Å². The van der Waals surface area contributed by atoms with Crippen LogP contribution in [-0.4, -0.2) is 53.3 Å². The molecule has 0 aliphatic heterocycles. The number of hydrogen-bond donors (Lipinski definition) is 2.